The SMILES string of the molecule is CCOC(=O)CN(CC)S(=O)(=O)N1CCNCC1. The molecular weight excluding hydrogens is 258 g/mol. The van der Waals surface area contributed by atoms with Crippen molar-refractivity contribution in [1.29, 1.82) is 0 Å². The Balaban J connectivity index is 2.69. The Morgan fingerprint density at radius 1 is 1.33 bits per heavy atom. The quantitative estimate of drug-likeness (QED) is 0.632. The topological polar surface area (TPSA) is 79.0 Å². The standard InChI is InChI=1S/C10H21N3O4S/c1-3-12(9-10(14)17-4-2)18(15,16)13-7-5-11-6-8-13/h11H,3-9H2,1-2H3. The van der Waals surface area contributed by atoms with Crippen molar-refractivity contribution < 1.29 is 17.9 Å². The molecule has 1 aliphatic rings. The molecule has 0 aliphatic carbocycles. The zero-order chi connectivity index (χ0) is 13.6. The van der Waals surface area contributed by atoms with Crippen molar-refractivity contribution in [3.8, 4) is 0 Å². The summed E-state index contributed by atoms with van der Waals surface area (Å²) < 4.78 is 31.9. The van der Waals surface area contributed by atoms with Crippen molar-refractivity contribution in [1.82, 2.24) is 13.9 Å². The molecule has 18 heavy (non-hydrogen) atoms. The van der Waals surface area contributed by atoms with Gasteiger partial charge in [-0.1, -0.05) is 6.92 Å². The predicted molar refractivity (Wildman–Crippen MR) is 67.2 cm³/mol. The average Bonchev–Trinajstić information content (AvgIpc) is 2.37. The molecule has 0 saturated carbocycles. The average molecular weight is 279 g/mol. The van der Waals surface area contributed by atoms with Gasteiger partial charge in [0.15, 0.2) is 0 Å². The van der Waals surface area contributed by atoms with Gasteiger partial charge in [-0.25, -0.2) is 0 Å². The number of hydrogen-bond donors (Lipinski definition) is 1. The number of esters is 1. The van der Waals surface area contributed by atoms with Crippen molar-refractivity contribution in [3.63, 3.8) is 0 Å². The Morgan fingerprint density at radius 2 is 1.94 bits per heavy atom. The van der Waals surface area contributed by atoms with E-state index >= 15 is 0 Å². The van der Waals surface area contributed by atoms with Crippen LogP contribution in [0.25, 0.3) is 0 Å². The molecule has 1 heterocycles. The molecule has 106 valence electrons. The summed E-state index contributed by atoms with van der Waals surface area (Å²) in [6.07, 6.45) is 0. The van der Waals surface area contributed by atoms with E-state index in [2.05, 4.69) is 5.32 Å². The van der Waals surface area contributed by atoms with Crippen LogP contribution in [0.2, 0.25) is 0 Å². The molecule has 1 fully saturated rings. The third kappa shape index (κ3) is 3.91. The van der Waals surface area contributed by atoms with Crippen LogP contribution in [0.1, 0.15) is 13.8 Å². The zero-order valence-electron chi connectivity index (χ0n) is 10.9. The summed E-state index contributed by atoms with van der Waals surface area (Å²) in [5, 5.41) is 3.09. The first-order chi connectivity index (χ1) is 8.52. The van der Waals surface area contributed by atoms with Gasteiger partial charge in [-0.05, 0) is 6.92 Å². The van der Waals surface area contributed by atoms with Crippen LogP contribution in [-0.2, 0) is 19.7 Å². The Labute approximate surface area is 108 Å². The number of nitrogens with zero attached hydrogens (tertiary/aromatic N) is 2. The highest BCUT2D eigenvalue weighted by Crippen LogP contribution is 2.09. The van der Waals surface area contributed by atoms with Crippen LogP contribution in [0.15, 0.2) is 0 Å². The number of carbonyl (C=O) groups is 1. The highest BCUT2D eigenvalue weighted by atomic mass is 32.2. The fourth-order valence-electron chi connectivity index (χ4n) is 1.75. The maximum absolute atomic E-state index is 12.3. The summed E-state index contributed by atoms with van der Waals surface area (Å²) in [5.74, 6) is -0.516. The van der Waals surface area contributed by atoms with Gasteiger partial charge in [0, 0.05) is 32.7 Å². The number of ether oxygens (including phenoxy) is 1. The lowest BCUT2D eigenvalue weighted by Crippen LogP contribution is -2.52. The molecule has 1 aliphatic heterocycles. The van der Waals surface area contributed by atoms with Gasteiger partial charge in [-0.2, -0.15) is 17.0 Å². The molecule has 1 saturated heterocycles. The lowest BCUT2D eigenvalue weighted by atomic mass is 10.4. The van der Waals surface area contributed by atoms with E-state index in [1.807, 2.05) is 0 Å². The number of piperazine rings is 1. The van der Waals surface area contributed by atoms with E-state index in [1.165, 1.54) is 4.31 Å². The minimum Gasteiger partial charge on any atom is -0.465 e. The van der Waals surface area contributed by atoms with Crippen LogP contribution in [0.3, 0.4) is 0 Å². The first-order valence-electron chi connectivity index (χ1n) is 6.14. The van der Waals surface area contributed by atoms with Gasteiger partial charge in [-0.3, -0.25) is 4.79 Å². The van der Waals surface area contributed by atoms with E-state index in [-0.39, 0.29) is 19.7 Å². The molecular formula is C10H21N3O4S. The van der Waals surface area contributed by atoms with Crippen LogP contribution in [0, 0.1) is 0 Å². The molecule has 8 heteroatoms. The number of rotatable bonds is 6. The highest BCUT2D eigenvalue weighted by molar-refractivity contribution is 7.86. The van der Waals surface area contributed by atoms with Gasteiger partial charge >= 0.3 is 5.97 Å². The summed E-state index contributed by atoms with van der Waals surface area (Å²) in [6, 6.07) is 0. The summed E-state index contributed by atoms with van der Waals surface area (Å²) in [7, 11) is -3.56. The number of hydrogen-bond acceptors (Lipinski definition) is 5. The molecule has 0 bridgehead atoms. The van der Waals surface area contributed by atoms with Gasteiger partial charge in [0.05, 0.1) is 6.61 Å². The molecule has 0 spiro atoms. The van der Waals surface area contributed by atoms with E-state index in [1.54, 1.807) is 13.8 Å². The van der Waals surface area contributed by atoms with Gasteiger partial charge in [-0.15, -0.1) is 0 Å². The van der Waals surface area contributed by atoms with Gasteiger partial charge in [0.2, 0.25) is 0 Å². The number of carbonyl (C=O) groups excluding carboxylic acids is 1. The van der Waals surface area contributed by atoms with Crippen molar-refractivity contribution >= 4 is 16.2 Å². The second-order valence-electron chi connectivity index (χ2n) is 3.89. The van der Waals surface area contributed by atoms with E-state index in [4.69, 9.17) is 4.74 Å². The van der Waals surface area contributed by atoms with Gasteiger partial charge in [0.1, 0.15) is 6.54 Å². The minimum absolute atomic E-state index is 0.226. The molecule has 0 radical (unpaired) electrons. The molecule has 0 atom stereocenters. The fraction of sp³-hybridized carbons (Fsp3) is 0.900. The Kier molecular flexibility index (Phi) is 6.00. The fourth-order valence-corrected chi connectivity index (χ4v) is 3.31. The van der Waals surface area contributed by atoms with Crippen molar-refractivity contribution in [2.24, 2.45) is 0 Å². The maximum atomic E-state index is 12.3. The third-order valence-corrected chi connectivity index (χ3v) is 4.75. The third-order valence-electron chi connectivity index (χ3n) is 2.69. The van der Waals surface area contributed by atoms with Crippen LogP contribution >= 0.6 is 0 Å². The molecule has 0 aromatic carbocycles. The predicted octanol–water partition coefficient (Wildman–Crippen LogP) is -0.979. The summed E-state index contributed by atoms with van der Waals surface area (Å²) in [4.78, 5) is 11.4. The van der Waals surface area contributed by atoms with Crippen LogP contribution in [0.4, 0.5) is 0 Å². The normalized spacial score (nSPS) is 17.9. The highest BCUT2D eigenvalue weighted by Gasteiger charge is 2.31. The molecule has 1 rings (SSSR count). The van der Waals surface area contributed by atoms with Crippen LogP contribution < -0.4 is 5.32 Å². The smallest absolute Gasteiger partial charge is 0.321 e. The zero-order valence-corrected chi connectivity index (χ0v) is 11.7. The second-order valence-corrected chi connectivity index (χ2v) is 5.82. The lowest BCUT2D eigenvalue weighted by Gasteiger charge is -2.31. The molecule has 0 amide bonds. The molecule has 1 N–H and O–H groups in total. The summed E-state index contributed by atoms with van der Waals surface area (Å²) >= 11 is 0. The van der Waals surface area contributed by atoms with E-state index < -0.39 is 16.2 Å². The molecule has 0 aromatic heterocycles. The lowest BCUT2D eigenvalue weighted by molar-refractivity contribution is -0.143. The summed E-state index contributed by atoms with van der Waals surface area (Å²) in [5.41, 5.74) is 0. The molecule has 0 unspecified atom stereocenters. The Hall–Kier alpha value is -0.700. The monoisotopic (exact) mass is 279 g/mol. The van der Waals surface area contributed by atoms with Crippen LogP contribution in [-0.4, -0.2) is 68.9 Å². The van der Waals surface area contributed by atoms with Crippen molar-refractivity contribution in [2.45, 2.75) is 13.8 Å². The first-order valence-corrected chi connectivity index (χ1v) is 7.53. The van der Waals surface area contributed by atoms with Crippen molar-refractivity contribution in [2.75, 3.05) is 45.9 Å². The number of likely N-dealkylation sites (N-methyl/N-ethyl adjacent to an activating group) is 1. The van der Waals surface area contributed by atoms with Crippen molar-refractivity contribution in [3.05, 3.63) is 0 Å². The Bertz CT molecular complexity index is 365. The van der Waals surface area contributed by atoms with E-state index in [0.717, 1.165) is 4.31 Å². The number of nitrogens with one attached hydrogen (secondary N) is 1. The Morgan fingerprint density at radius 3 is 2.44 bits per heavy atom. The van der Waals surface area contributed by atoms with E-state index in [9.17, 15) is 13.2 Å². The van der Waals surface area contributed by atoms with Gasteiger partial charge in [0.25, 0.3) is 10.2 Å². The molecule has 7 nitrogen and oxygen atoms in total. The van der Waals surface area contributed by atoms with Crippen LogP contribution in [0.5, 0.6) is 0 Å². The maximum Gasteiger partial charge on any atom is 0.321 e. The van der Waals surface area contributed by atoms with E-state index in [0.29, 0.717) is 26.2 Å². The van der Waals surface area contributed by atoms with Gasteiger partial charge < -0.3 is 10.1 Å². The largest absolute Gasteiger partial charge is 0.465 e. The molecule has 0 aromatic rings. The first kappa shape index (κ1) is 15.4. The summed E-state index contributed by atoms with van der Waals surface area (Å²) in [6.45, 7) is 5.82. The minimum atomic E-state index is -3.56. The second kappa shape index (κ2) is 7.03.